The number of carbonyl (C=O) groups excluding carboxylic acids is 1. The van der Waals surface area contributed by atoms with Gasteiger partial charge in [-0.15, -0.1) is 11.8 Å². The van der Waals surface area contributed by atoms with E-state index in [1.165, 1.54) is 27.2 Å². The van der Waals surface area contributed by atoms with Gasteiger partial charge in [0.05, 0.1) is 6.54 Å². The van der Waals surface area contributed by atoms with Crippen LogP contribution in [0.1, 0.15) is 23.1 Å². The van der Waals surface area contributed by atoms with Gasteiger partial charge in [0.2, 0.25) is 5.91 Å². The number of carboxylic acids is 2. The second-order valence-electron chi connectivity index (χ2n) is 9.25. The summed E-state index contributed by atoms with van der Waals surface area (Å²) in [7, 11) is 4.07. The quantitative estimate of drug-likeness (QED) is 0.518. The van der Waals surface area contributed by atoms with Crippen molar-refractivity contribution < 1.29 is 24.6 Å². The number of hydrogen-bond donors (Lipinski definition) is 2. The number of rotatable bonds is 7. The first-order valence-electron chi connectivity index (χ1n) is 12.5. The van der Waals surface area contributed by atoms with E-state index in [9.17, 15) is 14.4 Å². The van der Waals surface area contributed by atoms with Crippen molar-refractivity contribution in [1.29, 1.82) is 0 Å². The Balaban J connectivity index is 0.000000436. The van der Waals surface area contributed by atoms with E-state index in [1.54, 1.807) is 0 Å². The summed E-state index contributed by atoms with van der Waals surface area (Å²) < 4.78 is 0. The summed E-state index contributed by atoms with van der Waals surface area (Å²) in [6, 6.07) is 17.4. The molecule has 0 spiro atoms. The molecule has 2 aliphatic heterocycles. The van der Waals surface area contributed by atoms with Gasteiger partial charge in [-0.1, -0.05) is 48.5 Å². The van der Waals surface area contributed by atoms with Crippen LogP contribution >= 0.6 is 11.8 Å². The zero-order valence-corrected chi connectivity index (χ0v) is 22.7. The third-order valence-electron chi connectivity index (χ3n) is 6.43. The molecule has 9 heteroatoms. The van der Waals surface area contributed by atoms with E-state index < -0.39 is 11.9 Å². The monoisotopic (exact) mass is 537 g/mol. The van der Waals surface area contributed by atoms with Gasteiger partial charge >= 0.3 is 11.9 Å². The maximum Gasteiger partial charge on any atom is 0.328 e. The normalized spacial score (nSPS) is 16.6. The molecule has 0 bridgehead atoms. The number of nitrogens with zero attached hydrogens (tertiary/aromatic N) is 3. The highest BCUT2D eigenvalue weighted by Crippen LogP contribution is 2.40. The molecule has 1 saturated heterocycles. The predicted octanol–water partition coefficient (Wildman–Crippen LogP) is 3.53. The van der Waals surface area contributed by atoms with E-state index in [4.69, 9.17) is 10.2 Å². The molecule has 2 aromatic carbocycles. The molecule has 2 N–H and O–H groups in total. The fraction of sp³-hybridized carbons (Fsp3) is 0.345. The predicted molar refractivity (Wildman–Crippen MR) is 150 cm³/mol. The molecular formula is C29H35N3O5S. The molecule has 0 aliphatic carbocycles. The SMILES string of the molecule is CN1CCN(CC(=O)N(C)CC/C=C2/c3ccccc3CSc3ccccc32)CC1.O=C(O)/C=C\C(=O)O. The molecule has 2 aliphatic rings. The van der Waals surface area contributed by atoms with Crippen LogP contribution in [0.4, 0.5) is 0 Å². The number of benzene rings is 2. The third-order valence-corrected chi connectivity index (χ3v) is 7.55. The number of thioether (sulfide) groups is 1. The number of hydrogen-bond acceptors (Lipinski definition) is 6. The number of likely N-dealkylation sites (N-methyl/N-ethyl adjacent to an activating group) is 2. The van der Waals surface area contributed by atoms with E-state index in [1.807, 2.05) is 23.7 Å². The first-order valence-corrected chi connectivity index (χ1v) is 13.5. The Morgan fingerprint density at radius 3 is 2.18 bits per heavy atom. The average Bonchev–Trinajstić information content (AvgIpc) is 3.06. The summed E-state index contributed by atoms with van der Waals surface area (Å²) in [5.41, 5.74) is 5.30. The topological polar surface area (TPSA) is 101 Å². The van der Waals surface area contributed by atoms with Crippen LogP contribution in [0, 0.1) is 0 Å². The summed E-state index contributed by atoms with van der Waals surface area (Å²) in [5.74, 6) is -1.30. The first-order chi connectivity index (χ1) is 18.2. The molecule has 202 valence electrons. The molecule has 0 radical (unpaired) electrons. The number of piperazine rings is 1. The van der Waals surface area contributed by atoms with Gasteiger partial charge in [0.1, 0.15) is 0 Å². The van der Waals surface area contributed by atoms with Gasteiger partial charge in [-0.05, 0) is 41.8 Å². The van der Waals surface area contributed by atoms with Gasteiger partial charge in [-0.3, -0.25) is 9.69 Å². The number of carbonyl (C=O) groups is 3. The standard InChI is InChI=1S/C25H31N3OS.C4H4O4/c1-26-14-16-28(17-15-26)18-25(29)27(2)13-7-11-22-21-9-4-3-8-20(21)19-30-24-12-6-5-10-23(22)24;5-3(6)1-2-4(7)8/h3-6,8-12H,7,13-19H2,1-2H3;1-2H,(H,5,6)(H,7,8)/b22-11-;2-1-. The zero-order valence-electron chi connectivity index (χ0n) is 21.9. The Bertz CT molecular complexity index is 1120. The van der Waals surface area contributed by atoms with Crippen molar-refractivity contribution in [2.75, 3.05) is 53.4 Å². The third kappa shape index (κ3) is 8.86. The van der Waals surface area contributed by atoms with Crippen LogP contribution in [0.25, 0.3) is 5.57 Å². The Morgan fingerprint density at radius 2 is 1.53 bits per heavy atom. The van der Waals surface area contributed by atoms with Gasteiger partial charge < -0.3 is 20.0 Å². The molecule has 0 saturated carbocycles. The van der Waals surface area contributed by atoms with Gasteiger partial charge in [0, 0.05) is 62.6 Å². The second kappa shape index (κ2) is 14.5. The van der Waals surface area contributed by atoms with E-state index >= 15 is 0 Å². The molecule has 2 aromatic rings. The molecule has 1 fully saturated rings. The lowest BCUT2D eigenvalue weighted by Gasteiger charge is -2.32. The summed E-state index contributed by atoms with van der Waals surface area (Å²) in [6.07, 6.45) is 4.29. The van der Waals surface area contributed by atoms with Crippen LogP contribution in [0.3, 0.4) is 0 Å². The van der Waals surface area contributed by atoms with Crippen LogP contribution in [-0.4, -0.2) is 96.1 Å². The number of fused-ring (bicyclic) bond motifs is 2. The maximum atomic E-state index is 12.7. The van der Waals surface area contributed by atoms with Gasteiger partial charge in [-0.2, -0.15) is 0 Å². The van der Waals surface area contributed by atoms with Crippen LogP contribution in [0.15, 0.2) is 71.7 Å². The summed E-state index contributed by atoms with van der Waals surface area (Å²) in [5, 5.41) is 15.6. The number of amides is 1. The summed E-state index contributed by atoms with van der Waals surface area (Å²) >= 11 is 1.91. The lowest BCUT2D eigenvalue weighted by atomic mass is 9.93. The van der Waals surface area contributed by atoms with Crippen molar-refractivity contribution in [3.05, 3.63) is 83.4 Å². The zero-order chi connectivity index (χ0) is 27.5. The molecular weight excluding hydrogens is 502 g/mol. The molecule has 8 nitrogen and oxygen atoms in total. The number of carboxylic acid groups (broad SMARTS) is 2. The molecule has 1 amide bonds. The Hall–Kier alpha value is -3.40. The lowest BCUT2D eigenvalue weighted by molar-refractivity contribution is -0.134. The van der Waals surface area contributed by atoms with Crippen molar-refractivity contribution in [3.8, 4) is 0 Å². The highest BCUT2D eigenvalue weighted by atomic mass is 32.2. The molecule has 4 rings (SSSR count). The van der Waals surface area contributed by atoms with Crippen LogP contribution in [0.2, 0.25) is 0 Å². The highest BCUT2D eigenvalue weighted by molar-refractivity contribution is 7.98. The second-order valence-corrected chi connectivity index (χ2v) is 10.3. The Kier molecular flexibility index (Phi) is 11.1. The molecule has 2 heterocycles. The van der Waals surface area contributed by atoms with Crippen LogP contribution < -0.4 is 0 Å². The fourth-order valence-corrected chi connectivity index (χ4v) is 5.30. The van der Waals surface area contributed by atoms with E-state index in [2.05, 4.69) is 71.5 Å². The van der Waals surface area contributed by atoms with Crippen molar-refractivity contribution >= 4 is 35.2 Å². The van der Waals surface area contributed by atoms with Crippen molar-refractivity contribution in [2.45, 2.75) is 17.1 Å². The lowest BCUT2D eigenvalue weighted by Crippen LogP contribution is -2.48. The Morgan fingerprint density at radius 1 is 0.921 bits per heavy atom. The minimum atomic E-state index is -1.26. The maximum absolute atomic E-state index is 12.7. The van der Waals surface area contributed by atoms with Crippen LogP contribution in [0.5, 0.6) is 0 Å². The van der Waals surface area contributed by atoms with Crippen molar-refractivity contribution in [1.82, 2.24) is 14.7 Å². The van der Waals surface area contributed by atoms with E-state index in [0.717, 1.165) is 44.9 Å². The molecule has 0 aromatic heterocycles. The van der Waals surface area contributed by atoms with Crippen molar-refractivity contribution in [2.24, 2.45) is 0 Å². The smallest absolute Gasteiger partial charge is 0.328 e. The molecule has 0 unspecified atom stereocenters. The van der Waals surface area contributed by atoms with E-state index in [-0.39, 0.29) is 5.91 Å². The highest BCUT2D eigenvalue weighted by Gasteiger charge is 2.20. The van der Waals surface area contributed by atoms with Gasteiger partial charge in [0.25, 0.3) is 0 Å². The average molecular weight is 538 g/mol. The molecule has 0 atom stereocenters. The van der Waals surface area contributed by atoms with Crippen LogP contribution in [-0.2, 0) is 20.1 Å². The first kappa shape index (κ1) is 29.2. The van der Waals surface area contributed by atoms with E-state index in [0.29, 0.717) is 18.7 Å². The largest absolute Gasteiger partial charge is 0.478 e. The minimum Gasteiger partial charge on any atom is -0.478 e. The number of aliphatic carboxylic acids is 2. The fourth-order valence-electron chi connectivity index (χ4n) is 4.23. The molecule has 38 heavy (non-hydrogen) atoms. The summed E-state index contributed by atoms with van der Waals surface area (Å²) in [6.45, 7) is 5.31. The Labute approximate surface area is 228 Å². The minimum absolute atomic E-state index is 0.218. The summed E-state index contributed by atoms with van der Waals surface area (Å²) in [4.78, 5) is 39.6. The van der Waals surface area contributed by atoms with Gasteiger partial charge in [0.15, 0.2) is 0 Å². The van der Waals surface area contributed by atoms with Crippen molar-refractivity contribution in [3.63, 3.8) is 0 Å². The van der Waals surface area contributed by atoms with Gasteiger partial charge in [-0.25, -0.2) is 9.59 Å².